The molecule has 0 bridgehead atoms. The molecule has 1 aliphatic rings. The van der Waals surface area contributed by atoms with Gasteiger partial charge >= 0.3 is 0 Å². The summed E-state index contributed by atoms with van der Waals surface area (Å²) in [6.07, 6.45) is 2.81. The highest BCUT2D eigenvalue weighted by molar-refractivity contribution is 7.17. The third-order valence-corrected chi connectivity index (χ3v) is 6.93. The largest absolute Gasteiger partial charge is 0.497 e. The summed E-state index contributed by atoms with van der Waals surface area (Å²) in [6.45, 7) is 6.53. The first-order valence-corrected chi connectivity index (χ1v) is 11.4. The van der Waals surface area contributed by atoms with Crippen LogP contribution in [0, 0.1) is 11.8 Å². The lowest BCUT2D eigenvalue weighted by Crippen LogP contribution is -2.41. The van der Waals surface area contributed by atoms with Gasteiger partial charge in [-0.2, -0.15) is 9.50 Å². The Morgan fingerprint density at radius 1 is 1.19 bits per heavy atom. The van der Waals surface area contributed by atoms with E-state index < -0.39 is 0 Å². The summed E-state index contributed by atoms with van der Waals surface area (Å²) in [4.78, 5) is 8.55. The zero-order chi connectivity index (χ0) is 21.5. The smallest absolute Gasteiger partial charge is 0.230 e. The zero-order valence-electron chi connectivity index (χ0n) is 17.9. The van der Waals surface area contributed by atoms with Crippen molar-refractivity contribution >= 4 is 16.3 Å². The van der Waals surface area contributed by atoms with Gasteiger partial charge in [0.1, 0.15) is 5.75 Å². The second-order valence-electron chi connectivity index (χ2n) is 8.48. The lowest BCUT2D eigenvalue weighted by Gasteiger charge is -2.40. The molecule has 0 aliphatic carbocycles. The van der Waals surface area contributed by atoms with Crippen molar-refractivity contribution in [2.45, 2.75) is 26.3 Å². The summed E-state index contributed by atoms with van der Waals surface area (Å²) in [7, 11) is 1.68. The van der Waals surface area contributed by atoms with Gasteiger partial charge in [0.2, 0.25) is 16.7 Å². The monoisotopic (exact) mass is 438 g/mol. The molecule has 1 saturated heterocycles. The van der Waals surface area contributed by atoms with Crippen molar-refractivity contribution in [2.75, 3.05) is 20.2 Å². The van der Waals surface area contributed by atoms with Crippen molar-refractivity contribution in [3.05, 3.63) is 53.1 Å². The van der Waals surface area contributed by atoms with Crippen LogP contribution in [-0.2, 0) is 0 Å². The second kappa shape index (κ2) is 8.01. The molecule has 0 radical (unpaired) electrons. The molecule has 162 valence electrons. The highest BCUT2D eigenvalue weighted by atomic mass is 32.1. The van der Waals surface area contributed by atoms with E-state index in [1.807, 2.05) is 18.2 Å². The number of thiazole rings is 1. The number of fused-ring (bicyclic) bond motifs is 1. The van der Waals surface area contributed by atoms with Gasteiger partial charge in [0.05, 0.1) is 24.3 Å². The molecule has 8 heteroatoms. The molecule has 1 N–H and O–H groups in total. The van der Waals surface area contributed by atoms with Crippen LogP contribution in [-0.4, -0.2) is 44.8 Å². The first kappa shape index (κ1) is 20.1. The van der Waals surface area contributed by atoms with E-state index in [9.17, 15) is 5.11 Å². The van der Waals surface area contributed by atoms with Gasteiger partial charge in [-0.05, 0) is 48.1 Å². The van der Waals surface area contributed by atoms with Crippen molar-refractivity contribution in [1.82, 2.24) is 19.5 Å². The fraction of sp³-hybridized carbons (Fsp3) is 0.391. The third kappa shape index (κ3) is 3.70. The molecule has 0 spiro atoms. The Balaban J connectivity index is 1.61. The van der Waals surface area contributed by atoms with Gasteiger partial charge in [-0.15, -0.1) is 5.10 Å². The molecule has 0 amide bonds. The van der Waals surface area contributed by atoms with Gasteiger partial charge in [0, 0.05) is 13.1 Å². The molecule has 5 rings (SSSR count). The molecule has 1 aromatic carbocycles. The van der Waals surface area contributed by atoms with Crippen LogP contribution in [0.15, 0.2) is 47.1 Å². The van der Waals surface area contributed by atoms with Gasteiger partial charge in [-0.25, -0.2) is 0 Å². The van der Waals surface area contributed by atoms with E-state index in [4.69, 9.17) is 9.15 Å². The van der Waals surface area contributed by atoms with Crippen molar-refractivity contribution < 1.29 is 14.3 Å². The first-order valence-electron chi connectivity index (χ1n) is 10.5. The summed E-state index contributed by atoms with van der Waals surface area (Å²) in [6, 6.07) is 11.6. The van der Waals surface area contributed by atoms with Gasteiger partial charge < -0.3 is 14.3 Å². The van der Waals surface area contributed by atoms with Crippen LogP contribution in [0.2, 0.25) is 0 Å². The van der Waals surface area contributed by atoms with Gasteiger partial charge in [-0.3, -0.25) is 4.90 Å². The fourth-order valence-corrected chi connectivity index (χ4v) is 5.82. The number of furan rings is 1. The molecule has 0 saturated carbocycles. The molecule has 31 heavy (non-hydrogen) atoms. The molecule has 3 atom stereocenters. The van der Waals surface area contributed by atoms with E-state index in [1.54, 1.807) is 19.4 Å². The van der Waals surface area contributed by atoms with Crippen molar-refractivity contribution in [2.24, 2.45) is 11.8 Å². The van der Waals surface area contributed by atoms with Crippen LogP contribution < -0.4 is 4.74 Å². The Labute approximate surface area is 184 Å². The number of piperidine rings is 1. The molecule has 3 unspecified atom stereocenters. The van der Waals surface area contributed by atoms with E-state index in [-0.39, 0.29) is 11.9 Å². The van der Waals surface area contributed by atoms with E-state index in [1.165, 1.54) is 22.3 Å². The average molecular weight is 439 g/mol. The number of methoxy groups -OCH3 is 1. The lowest BCUT2D eigenvalue weighted by atomic mass is 9.89. The molecule has 7 nitrogen and oxygen atoms in total. The summed E-state index contributed by atoms with van der Waals surface area (Å²) < 4.78 is 12.4. The van der Waals surface area contributed by atoms with Crippen molar-refractivity contribution in [1.29, 1.82) is 0 Å². The number of hydrogen-bond donors (Lipinski definition) is 1. The number of aromatic hydroxyl groups is 1. The minimum absolute atomic E-state index is 0.0964. The predicted octanol–water partition coefficient (Wildman–Crippen LogP) is 4.83. The van der Waals surface area contributed by atoms with E-state index in [2.05, 4.69) is 41.0 Å². The highest BCUT2D eigenvalue weighted by Crippen LogP contribution is 2.43. The Hall–Kier alpha value is -2.84. The second-order valence-corrected chi connectivity index (χ2v) is 9.49. The number of hydrogen-bond acceptors (Lipinski definition) is 7. The maximum atomic E-state index is 11.2. The van der Waals surface area contributed by atoms with Gasteiger partial charge in [-0.1, -0.05) is 37.3 Å². The molecular weight excluding hydrogens is 412 g/mol. The van der Waals surface area contributed by atoms with E-state index in [0.29, 0.717) is 28.4 Å². The zero-order valence-corrected chi connectivity index (χ0v) is 18.7. The standard InChI is InChI=1S/C23H26N4O3S/c1-14-10-15(2)13-26(12-14)19(16-6-4-7-17(11-16)29-3)20-22(28)27-23(31-20)24-21(25-27)18-8-5-9-30-18/h4-9,11,14-15,19,28H,10,12-13H2,1-3H3. The van der Waals surface area contributed by atoms with Gasteiger partial charge in [0.15, 0.2) is 5.76 Å². The lowest BCUT2D eigenvalue weighted by molar-refractivity contribution is 0.111. The summed E-state index contributed by atoms with van der Waals surface area (Å²) >= 11 is 1.47. The predicted molar refractivity (Wildman–Crippen MR) is 120 cm³/mol. The summed E-state index contributed by atoms with van der Waals surface area (Å²) in [5.74, 6) is 3.17. The Kier molecular flexibility index (Phi) is 5.19. The normalized spacial score (nSPS) is 20.9. The maximum Gasteiger partial charge on any atom is 0.230 e. The first-order chi connectivity index (χ1) is 15.0. The molecule has 3 aromatic heterocycles. The SMILES string of the molecule is COc1cccc(C(c2sc3nc(-c4ccco4)nn3c2O)N2CC(C)CC(C)C2)c1. The summed E-state index contributed by atoms with van der Waals surface area (Å²) in [5, 5.41) is 15.7. The quantitative estimate of drug-likeness (QED) is 0.481. The fourth-order valence-electron chi connectivity index (χ4n) is 4.70. The molecule has 1 fully saturated rings. The maximum absolute atomic E-state index is 11.2. The van der Waals surface area contributed by atoms with Crippen LogP contribution in [0.3, 0.4) is 0 Å². The van der Waals surface area contributed by atoms with Crippen LogP contribution >= 0.6 is 11.3 Å². The van der Waals surface area contributed by atoms with Crippen LogP contribution in [0.4, 0.5) is 0 Å². The Morgan fingerprint density at radius 2 is 2.00 bits per heavy atom. The Bertz CT molecular complexity index is 1170. The number of aromatic nitrogens is 3. The van der Waals surface area contributed by atoms with Crippen LogP contribution in [0.5, 0.6) is 11.6 Å². The average Bonchev–Trinajstić information content (AvgIpc) is 3.47. The van der Waals surface area contributed by atoms with Crippen LogP contribution in [0.25, 0.3) is 16.5 Å². The highest BCUT2D eigenvalue weighted by Gasteiger charge is 2.34. The minimum Gasteiger partial charge on any atom is -0.497 e. The van der Waals surface area contributed by atoms with Crippen LogP contribution in [0.1, 0.15) is 36.8 Å². The third-order valence-electron chi connectivity index (χ3n) is 5.86. The van der Waals surface area contributed by atoms with Crippen molar-refractivity contribution in [3.63, 3.8) is 0 Å². The summed E-state index contributed by atoms with van der Waals surface area (Å²) in [5.41, 5.74) is 1.09. The van der Waals surface area contributed by atoms with E-state index >= 15 is 0 Å². The molecule has 1 aliphatic heterocycles. The number of rotatable bonds is 5. The number of ether oxygens (including phenoxy) is 1. The topological polar surface area (TPSA) is 76.0 Å². The molecular formula is C23H26N4O3S. The Morgan fingerprint density at radius 3 is 2.68 bits per heavy atom. The van der Waals surface area contributed by atoms with Crippen molar-refractivity contribution in [3.8, 4) is 23.2 Å². The number of benzene rings is 1. The molecule has 4 aromatic rings. The minimum atomic E-state index is -0.0964. The number of nitrogens with zero attached hydrogens (tertiary/aromatic N) is 4. The van der Waals surface area contributed by atoms with E-state index in [0.717, 1.165) is 29.3 Å². The van der Waals surface area contributed by atoms with Gasteiger partial charge in [0.25, 0.3) is 0 Å². The number of likely N-dealkylation sites (tertiary alicyclic amines) is 1. The molecule has 4 heterocycles.